The summed E-state index contributed by atoms with van der Waals surface area (Å²) in [7, 11) is -1.18. The molecule has 3 nitrogen and oxygen atoms in total. The van der Waals surface area contributed by atoms with Gasteiger partial charge in [-0.25, -0.2) is 4.98 Å². The minimum absolute atomic E-state index is 0.385. The molecule has 0 saturated carbocycles. The minimum atomic E-state index is -1.18. The number of thiazole rings is 1. The molecule has 6 heteroatoms. The Bertz CT molecular complexity index is 568. The Balaban J connectivity index is 2.20. The molecule has 0 aliphatic rings. The van der Waals surface area contributed by atoms with Gasteiger partial charge in [0, 0.05) is 16.1 Å². The summed E-state index contributed by atoms with van der Waals surface area (Å²) in [6.45, 7) is 1.92. The molecule has 0 spiro atoms. The zero-order valence-corrected chi connectivity index (χ0v) is 11.5. The van der Waals surface area contributed by atoms with Crippen LogP contribution in [0.2, 0.25) is 5.02 Å². The van der Waals surface area contributed by atoms with Crippen LogP contribution in [0.1, 0.15) is 10.7 Å². The lowest BCUT2D eigenvalue weighted by atomic mass is 10.3. The summed E-state index contributed by atoms with van der Waals surface area (Å²) >= 11 is 7.35. The monoisotopic (exact) mass is 286 g/mol. The Kier molecular flexibility index (Phi) is 3.81. The second-order valence-corrected chi connectivity index (χ2v) is 6.45. The predicted molar refractivity (Wildman–Crippen MR) is 72.8 cm³/mol. The Morgan fingerprint density at radius 2 is 2.29 bits per heavy atom. The first-order valence-electron chi connectivity index (χ1n) is 4.90. The van der Waals surface area contributed by atoms with Gasteiger partial charge in [-0.2, -0.15) is 0 Å². The van der Waals surface area contributed by atoms with Gasteiger partial charge in [0.15, 0.2) is 0 Å². The minimum Gasteiger partial charge on any atom is -0.398 e. The van der Waals surface area contributed by atoms with Crippen molar-refractivity contribution in [1.29, 1.82) is 0 Å². The molecule has 0 amide bonds. The fourth-order valence-corrected chi connectivity index (χ4v) is 3.43. The fraction of sp³-hybridized carbons (Fsp3) is 0.182. The van der Waals surface area contributed by atoms with Gasteiger partial charge in [0.2, 0.25) is 0 Å². The van der Waals surface area contributed by atoms with Crippen LogP contribution in [-0.2, 0) is 16.6 Å². The highest BCUT2D eigenvalue weighted by Gasteiger charge is 2.11. The number of aromatic nitrogens is 1. The molecule has 1 heterocycles. The maximum absolute atomic E-state index is 12.1. The highest BCUT2D eigenvalue weighted by molar-refractivity contribution is 7.84. The van der Waals surface area contributed by atoms with Gasteiger partial charge >= 0.3 is 0 Å². The maximum atomic E-state index is 12.1. The molecule has 0 aliphatic carbocycles. The van der Waals surface area contributed by atoms with Crippen LogP contribution in [0.15, 0.2) is 28.5 Å². The molecule has 90 valence electrons. The van der Waals surface area contributed by atoms with Crippen molar-refractivity contribution >= 4 is 39.4 Å². The van der Waals surface area contributed by atoms with Crippen LogP contribution < -0.4 is 5.73 Å². The molecule has 2 rings (SSSR count). The van der Waals surface area contributed by atoms with Crippen LogP contribution in [0.25, 0.3) is 0 Å². The SMILES string of the molecule is Cc1nc(CS(=O)c2ccc(Cl)cc2N)cs1. The molecular weight excluding hydrogens is 276 g/mol. The maximum Gasteiger partial charge on any atom is 0.0897 e. The van der Waals surface area contributed by atoms with E-state index < -0.39 is 10.8 Å². The number of hydrogen-bond donors (Lipinski definition) is 1. The topological polar surface area (TPSA) is 56.0 Å². The quantitative estimate of drug-likeness (QED) is 0.883. The highest BCUT2D eigenvalue weighted by Crippen LogP contribution is 2.23. The zero-order valence-electron chi connectivity index (χ0n) is 9.14. The molecule has 1 aromatic carbocycles. The number of hydrogen-bond acceptors (Lipinski definition) is 4. The Labute approximate surface area is 111 Å². The summed E-state index contributed by atoms with van der Waals surface area (Å²) in [5.41, 5.74) is 7.08. The van der Waals surface area contributed by atoms with E-state index in [0.717, 1.165) is 10.7 Å². The number of anilines is 1. The number of halogens is 1. The molecule has 0 saturated heterocycles. The average Bonchev–Trinajstić information content (AvgIpc) is 2.63. The molecule has 1 unspecified atom stereocenters. The third-order valence-electron chi connectivity index (χ3n) is 2.16. The van der Waals surface area contributed by atoms with Gasteiger partial charge < -0.3 is 5.73 Å². The van der Waals surface area contributed by atoms with Crippen LogP contribution in [-0.4, -0.2) is 9.19 Å². The first-order chi connectivity index (χ1) is 8.06. The molecule has 2 aromatic rings. The summed E-state index contributed by atoms with van der Waals surface area (Å²) in [5, 5.41) is 3.44. The molecule has 1 atom stereocenters. The van der Waals surface area contributed by atoms with Gasteiger partial charge in [-0.05, 0) is 25.1 Å². The van der Waals surface area contributed by atoms with E-state index in [1.54, 1.807) is 29.5 Å². The Hall–Kier alpha value is -0.910. The highest BCUT2D eigenvalue weighted by atomic mass is 35.5. The van der Waals surface area contributed by atoms with Crippen LogP contribution in [0.3, 0.4) is 0 Å². The lowest BCUT2D eigenvalue weighted by molar-refractivity contribution is 0.682. The van der Waals surface area contributed by atoms with Crippen LogP contribution in [0.5, 0.6) is 0 Å². The predicted octanol–water partition coefficient (Wildman–Crippen LogP) is 2.99. The van der Waals surface area contributed by atoms with E-state index in [2.05, 4.69) is 4.98 Å². The van der Waals surface area contributed by atoms with Crippen LogP contribution in [0, 0.1) is 6.92 Å². The Morgan fingerprint density at radius 1 is 1.53 bits per heavy atom. The van der Waals surface area contributed by atoms with E-state index >= 15 is 0 Å². The van der Waals surface area contributed by atoms with E-state index in [-0.39, 0.29) is 0 Å². The van der Waals surface area contributed by atoms with Crippen molar-refractivity contribution in [2.24, 2.45) is 0 Å². The smallest absolute Gasteiger partial charge is 0.0897 e. The van der Waals surface area contributed by atoms with Gasteiger partial charge in [0.25, 0.3) is 0 Å². The zero-order chi connectivity index (χ0) is 12.4. The number of aryl methyl sites for hydroxylation is 1. The second-order valence-electron chi connectivity index (χ2n) is 3.53. The molecule has 0 fully saturated rings. The third-order valence-corrected chi connectivity index (χ3v) is 4.64. The normalized spacial score (nSPS) is 12.6. The Morgan fingerprint density at radius 3 is 2.88 bits per heavy atom. The number of benzene rings is 1. The van der Waals surface area contributed by atoms with Gasteiger partial charge in [-0.15, -0.1) is 11.3 Å². The van der Waals surface area contributed by atoms with Gasteiger partial charge in [-0.3, -0.25) is 4.21 Å². The number of nitrogen functional groups attached to an aromatic ring is 1. The number of nitrogens with zero attached hydrogens (tertiary/aromatic N) is 1. The van der Waals surface area contributed by atoms with Gasteiger partial charge in [-0.1, -0.05) is 11.6 Å². The molecule has 1 aromatic heterocycles. The first-order valence-corrected chi connectivity index (χ1v) is 7.48. The van der Waals surface area contributed by atoms with Crippen molar-refractivity contribution in [2.75, 3.05) is 5.73 Å². The lowest BCUT2D eigenvalue weighted by Crippen LogP contribution is -2.01. The van der Waals surface area contributed by atoms with Crippen LogP contribution in [0.4, 0.5) is 5.69 Å². The largest absolute Gasteiger partial charge is 0.398 e. The van der Waals surface area contributed by atoms with E-state index in [1.165, 1.54) is 0 Å². The van der Waals surface area contributed by atoms with E-state index in [0.29, 0.717) is 21.4 Å². The molecule has 0 radical (unpaired) electrons. The summed E-state index contributed by atoms with van der Waals surface area (Å²) in [6, 6.07) is 5.01. The average molecular weight is 287 g/mol. The summed E-state index contributed by atoms with van der Waals surface area (Å²) in [5.74, 6) is 0.385. The molecule has 2 N–H and O–H groups in total. The molecule has 0 bridgehead atoms. The standard InChI is InChI=1S/C11H11ClN2OS2/c1-7-14-9(5-16-7)6-17(15)11-3-2-8(12)4-10(11)13/h2-5H,6,13H2,1H3. The fourth-order valence-electron chi connectivity index (χ4n) is 1.41. The van der Waals surface area contributed by atoms with Crippen molar-refractivity contribution in [3.05, 3.63) is 39.3 Å². The second kappa shape index (κ2) is 5.16. The molecule has 17 heavy (non-hydrogen) atoms. The first kappa shape index (κ1) is 12.5. The lowest BCUT2D eigenvalue weighted by Gasteiger charge is -2.04. The summed E-state index contributed by atoms with van der Waals surface area (Å²) in [4.78, 5) is 4.89. The summed E-state index contributed by atoms with van der Waals surface area (Å²) in [6.07, 6.45) is 0. The van der Waals surface area contributed by atoms with Crippen molar-refractivity contribution < 1.29 is 4.21 Å². The van der Waals surface area contributed by atoms with Crippen LogP contribution >= 0.6 is 22.9 Å². The van der Waals surface area contributed by atoms with Crippen molar-refractivity contribution in [3.63, 3.8) is 0 Å². The number of rotatable bonds is 3. The van der Waals surface area contributed by atoms with Crippen molar-refractivity contribution in [2.45, 2.75) is 17.6 Å². The van der Waals surface area contributed by atoms with Gasteiger partial charge in [0.05, 0.1) is 32.1 Å². The molecular formula is C11H11ClN2OS2. The van der Waals surface area contributed by atoms with E-state index in [4.69, 9.17) is 17.3 Å². The van der Waals surface area contributed by atoms with E-state index in [1.807, 2.05) is 12.3 Å². The number of nitrogens with two attached hydrogens (primary N) is 1. The van der Waals surface area contributed by atoms with Crippen molar-refractivity contribution in [1.82, 2.24) is 4.98 Å². The molecule has 0 aliphatic heterocycles. The summed E-state index contributed by atoms with van der Waals surface area (Å²) < 4.78 is 12.1. The van der Waals surface area contributed by atoms with E-state index in [9.17, 15) is 4.21 Å². The third kappa shape index (κ3) is 3.06. The van der Waals surface area contributed by atoms with Gasteiger partial charge in [0.1, 0.15) is 0 Å². The van der Waals surface area contributed by atoms with Crippen molar-refractivity contribution in [3.8, 4) is 0 Å².